The van der Waals surface area contributed by atoms with Gasteiger partial charge in [0.05, 0.1) is 0 Å². The van der Waals surface area contributed by atoms with Gasteiger partial charge in [0.2, 0.25) is 0 Å². The number of likely N-dealkylation sites (tertiary alicyclic amines) is 1. The van der Waals surface area contributed by atoms with E-state index in [1.165, 1.54) is 0 Å². The molecule has 0 aromatic heterocycles. The van der Waals surface area contributed by atoms with Crippen LogP contribution in [0, 0.1) is 6.92 Å². The second-order valence-corrected chi connectivity index (χ2v) is 4.67. The molecule has 17 heavy (non-hydrogen) atoms. The first kappa shape index (κ1) is 14.3. The van der Waals surface area contributed by atoms with Gasteiger partial charge in [0.25, 0.3) is 5.91 Å². The third-order valence-corrected chi connectivity index (χ3v) is 3.34. The maximum Gasteiger partial charge on any atom is 0.253 e. The number of rotatable bonds is 1. The van der Waals surface area contributed by atoms with Crippen LogP contribution in [0.15, 0.2) is 18.2 Å². The average molecular weight is 275 g/mol. The first-order valence-electron chi connectivity index (χ1n) is 5.39. The zero-order valence-corrected chi connectivity index (χ0v) is 11.2. The SMILES string of the molecule is Cc1cc(C(=O)N2CC[C@H](N)C2)ccc1Cl.Cl. The molecular formula is C12H16Cl2N2O. The van der Waals surface area contributed by atoms with Crippen LogP contribution in [0.1, 0.15) is 22.3 Å². The highest BCUT2D eigenvalue weighted by Crippen LogP contribution is 2.19. The number of hydrogen-bond donors (Lipinski definition) is 1. The molecule has 3 nitrogen and oxygen atoms in total. The summed E-state index contributed by atoms with van der Waals surface area (Å²) in [5.74, 6) is 0.0488. The molecule has 1 aliphatic heterocycles. The van der Waals surface area contributed by atoms with Crippen LogP contribution in [0.4, 0.5) is 0 Å². The van der Waals surface area contributed by atoms with Gasteiger partial charge in [-0.05, 0) is 37.1 Å². The van der Waals surface area contributed by atoms with Crippen LogP contribution in [0.5, 0.6) is 0 Å². The van der Waals surface area contributed by atoms with Crippen LogP contribution < -0.4 is 5.73 Å². The number of carbonyl (C=O) groups excluding carboxylic acids is 1. The molecule has 0 aliphatic carbocycles. The second-order valence-electron chi connectivity index (χ2n) is 4.26. The van der Waals surface area contributed by atoms with Crippen LogP contribution in [0.2, 0.25) is 5.02 Å². The van der Waals surface area contributed by atoms with Crippen molar-refractivity contribution < 1.29 is 4.79 Å². The van der Waals surface area contributed by atoms with Gasteiger partial charge in [-0.2, -0.15) is 0 Å². The molecule has 0 saturated carbocycles. The van der Waals surface area contributed by atoms with E-state index in [4.69, 9.17) is 17.3 Å². The van der Waals surface area contributed by atoms with Gasteiger partial charge in [-0.1, -0.05) is 11.6 Å². The summed E-state index contributed by atoms with van der Waals surface area (Å²) in [6.45, 7) is 3.30. The van der Waals surface area contributed by atoms with Gasteiger partial charge >= 0.3 is 0 Å². The van der Waals surface area contributed by atoms with Crippen molar-refractivity contribution >= 4 is 29.9 Å². The molecule has 0 spiro atoms. The van der Waals surface area contributed by atoms with Gasteiger partial charge in [0.15, 0.2) is 0 Å². The first-order chi connectivity index (χ1) is 7.58. The lowest BCUT2D eigenvalue weighted by Gasteiger charge is -2.16. The van der Waals surface area contributed by atoms with Gasteiger partial charge in [0.1, 0.15) is 0 Å². The Kier molecular flexibility index (Phi) is 4.80. The molecule has 1 aliphatic rings. The molecule has 94 valence electrons. The maximum atomic E-state index is 12.1. The molecule has 0 bridgehead atoms. The predicted molar refractivity (Wildman–Crippen MR) is 71.9 cm³/mol. The highest BCUT2D eigenvalue weighted by atomic mass is 35.5. The largest absolute Gasteiger partial charge is 0.337 e. The summed E-state index contributed by atoms with van der Waals surface area (Å²) in [5, 5.41) is 0.690. The lowest BCUT2D eigenvalue weighted by molar-refractivity contribution is 0.0791. The van der Waals surface area contributed by atoms with Crippen molar-refractivity contribution in [3.63, 3.8) is 0 Å². The Morgan fingerprint density at radius 1 is 1.53 bits per heavy atom. The summed E-state index contributed by atoms with van der Waals surface area (Å²) in [6.07, 6.45) is 0.887. The van der Waals surface area contributed by atoms with Gasteiger partial charge in [-0.3, -0.25) is 4.79 Å². The van der Waals surface area contributed by atoms with Crippen molar-refractivity contribution in [1.82, 2.24) is 4.90 Å². The lowest BCUT2D eigenvalue weighted by atomic mass is 10.1. The Morgan fingerprint density at radius 3 is 2.76 bits per heavy atom. The van der Waals surface area contributed by atoms with Gasteiger partial charge < -0.3 is 10.6 Å². The molecule has 1 saturated heterocycles. The quantitative estimate of drug-likeness (QED) is 0.854. The van der Waals surface area contributed by atoms with E-state index in [0.29, 0.717) is 17.1 Å². The highest BCUT2D eigenvalue weighted by Gasteiger charge is 2.24. The van der Waals surface area contributed by atoms with Gasteiger partial charge in [-0.25, -0.2) is 0 Å². The van der Waals surface area contributed by atoms with E-state index in [-0.39, 0.29) is 24.4 Å². The molecule has 2 N–H and O–H groups in total. The summed E-state index contributed by atoms with van der Waals surface area (Å²) < 4.78 is 0. The second kappa shape index (κ2) is 5.71. The molecule has 2 rings (SSSR count). The van der Waals surface area contributed by atoms with Crippen LogP contribution in [0.3, 0.4) is 0 Å². The minimum Gasteiger partial charge on any atom is -0.337 e. The molecule has 1 aromatic carbocycles. The molecule has 0 radical (unpaired) electrons. The number of halogens is 2. The molecule has 1 heterocycles. The molecular weight excluding hydrogens is 259 g/mol. The standard InChI is InChI=1S/C12H15ClN2O.ClH/c1-8-6-9(2-3-11(8)13)12(16)15-5-4-10(14)7-15;/h2-3,6,10H,4-5,7,14H2,1H3;1H/t10-;/m0./s1. The molecule has 1 amide bonds. The van der Waals surface area contributed by atoms with Crippen molar-refractivity contribution in [3.8, 4) is 0 Å². The van der Waals surface area contributed by atoms with Crippen molar-refractivity contribution in [2.75, 3.05) is 13.1 Å². The maximum absolute atomic E-state index is 12.1. The molecule has 5 heteroatoms. The zero-order chi connectivity index (χ0) is 11.7. The van der Waals surface area contributed by atoms with Crippen molar-refractivity contribution in [1.29, 1.82) is 0 Å². The fourth-order valence-corrected chi connectivity index (χ4v) is 2.05. The number of aryl methyl sites for hydroxylation is 1. The van der Waals surface area contributed by atoms with Crippen LogP contribution in [-0.4, -0.2) is 29.9 Å². The highest BCUT2D eigenvalue weighted by molar-refractivity contribution is 6.31. The monoisotopic (exact) mass is 274 g/mol. The lowest BCUT2D eigenvalue weighted by Crippen LogP contribution is -2.31. The van der Waals surface area contributed by atoms with E-state index >= 15 is 0 Å². The van der Waals surface area contributed by atoms with Gasteiger partial charge in [0, 0.05) is 29.7 Å². The third-order valence-electron chi connectivity index (χ3n) is 2.92. The molecule has 1 aromatic rings. The zero-order valence-electron chi connectivity index (χ0n) is 9.65. The summed E-state index contributed by atoms with van der Waals surface area (Å²) in [4.78, 5) is 13.9. The molecule has 0 unspecified atom stereocenters. The summed E-state index contributed by atoms with van der Waals surface area (Å²) in [5.41, 5.74) is 7.40. The minimum atomic E-state index is 0. The van der Waals surface area contributed by atoms with Crippen LogP contribution >= 0.6 is 24.0 Å². The first-order valence-corrected chi connectivity index (χ1v) is 5.76. The molecule has 1 atom stereocenters. The number of nitrogens with zero attached hydrogens (tertiary/aromatic N) is 1. The molecule has 1 fully saturated rings. The summed E-state index contributed by atoms with van der Waals surface area (Å²) in [7, 11) is 0. The summed E-state index contributed by atoms with van der Waals surface area (Å²) in [6, 6.07) is 5.48. The van der Waals surface area contributed by atoms with Crippen molar-refractivity contribution in [3.05, 3.63) is 34.3 Å². The third kappa shape index (κ3) is 3.12. The van der Waals surface area contributed by atoms with Gasteiger partial charge in [-0.15, -0.1) is 12.4 Å². The van der Waals surface area contributed by atoms with E-state index in [0.717, 1.165) is 18.5 Å². The minimum absolute atomic E-state index is 0. The topological polar surface area (TPSA) is 46.3 Å². The van der Waals surface area contributed by atoms with E-state index in [1.807, 2.05) is 13.0 Å². The number of nitrogens with two attached hydrogens (primary N) is 1. The van der Waals surface area contributed by atoms with E-state index < -0.39 is 0 Å². The fourth-order valence-electron chi connectivity index (χ4n) is 1.93. The number of amides is 1. The Morgan fingerprint density at radius 2 is 2.24 bits per heavy atom. The van der Waals surface area contributed by atoms with Crippen molar-refractivity contribution in [2.45, 2.75) is 19.4 Å². The number of benzene rings is 1. The smallest absolute Gasteiger partial charge is 0.253 e. The Labute approximate surface area is 112 Å². The van der Waals surface area contributed by atoms with Crippen molar-refractivity contribution in [2.24, 2.45) is 5.73 Å². The van der Waals surface area contributed by atoms with Crippen LogP contribution in [0.25, 0.3) is 0 Å². The number of hydrogen-bond acceptors (Lipinski definition) is 2. The van der Waals surface area contributed by atoms with E-state index in [2.05, 4.69) is 0 Å². The van der Waals surface area contributed by atoms with E-state index in [1.54, 1.807) is 17.0 Å². The normalized spacial score (nSPS) is 19.0. The fraction of sp³-hybridized carbons (Fsp3) is 0.417. The van der Waals surface area contributed by atoms with E-state index in [9.17, 15) is 4.79 Å². The Hall–Kier alpha value is -0.770. The van der Waals surface area contributed by atoms with Crippen LogP contribution in [-0.2, 0) is 0 Å². The average Bonchev–Trinajstić information content (AvgIpc) is 2.68. The predicted octanol–water partition coefficient (Wildman–Crippen LogP) is 2.24. The number of carbonyl (C=O) groups is 1. The summed E-state index contributed by atoms with van der Waals surface area (Å²) >= 11 is 5.92. The Bertz CT molecular complexity index is 423. The Balaban J connectivity index is 0.00000144.